The Morgan fingerprint density at radius 3 is 2.36 bits per heavy atom. The SMILES string of the molecule is CC(C)=Nc1ccccc1C. The Labute approximate surface area is 67.8 Å². The molecule has 1 heteroatoms. The molecule has 0 saturated heterocycles. The summed E-state index contributed by atoms with van der Waals surface area (Å²) in [5.41, 5.74) is 3.40. The summed E-state index contributed by atoms with van der Waals surface area (Å²) in [5, 5.41) is 0. The van der Waals surface area contributed by atoms with Crippen molar-refractivity contribution < 1.29 is 0 Å². The van der Waals surface area contributed by atoms with Crippen LogP contribution in [0.5, 0.6) is 0 Å². The lowest BCUT2D eigenvalue weighted by Crippen LogP contribution is -1.80. The van der Waals surface area contributed by atoms with Gasteiger partial charge in [0.1, 0.15) is 0 Å². The molecule has 0 aliphatic rings. The largest absolute Gasteiger partial charge is 0.258 e. The number of aryl methyl sites for hydroxylation is 1. The predicted molar refractivity (Wildman–Crippen MR) is 49.6 cm³/mol. The molecule has 0 spiro atoms. The summed E-state index contributed by atoms with van der Waals surface area (Å²) < 4.78 is 0. The number of rotatable bonds is 1. The van der Waals surface area contributed by atoms with Gasteiger partial charge in [0.2, 0.25) is 0 Å². The standard InChI is InChI=1S/C10H13N/c1-8(2)11-10-7-5-4-6-9(10)3/h4-7H,1-3H3. The number of benzene rings is 1. The van der Waals surface area contributed by atoms with Crippen molar-refractivity contribution >= 4 is 11.4 Å². The molecule has 0 atom stereocenters. The Morgan fingerprint density at radius 2 is 1.82 bits per heavy atom. The fourth-order valence-corrected chi connectivity index (χ4v) is 0.930. The van der Waals surface area contributed by atoms with Crippen LogP contribution in [0.1, 0.15) is 19.4 Å². The monoisotopic (exact) mass is 147 g/mol. The van der Waals surface area contributed by atoms with Gasteiger partial charge in [-0.15, -0.1) is 0 Å². The molecule has 0 bridgehead atoms. The molecule has 0 amide bonds. The van der Waals surface area contributed by atoms with E-state index in [9.17, 15) is 0 Å². The van der Waals surface area contributed by atoms with Crippen LogP contribution in [0.3, 0.4) is 0 Å². The van der Waals surface area contributed by atoms with Crippen LogP contribution in [-0.4, -0.2) is 5.71 Å². The fourth-order valence-electron chi connectivity index (χ4n) is 0.930. The lowest BCUT2D eigenvalue weighted by Gasteiger charge is -1.98. The van der Waals surface area contributed by atoms with Crippen molar-refractivity contribution in [3.63, 3.8) is 0 Å². The van der Waals surface area contributed by atoms with E-state index in [1.807, 2.05) is 32.0 Å². The van der Waals surface area contributed by atoms with E-state index >= 15 is 0 Å². The van der Waals surface area contributed by atoms with Crippen molar-refractivity contribution in [1.29, 1.82) is 0 Å². The Morgan fingerprint density at radius 1 is 1.18 bits per heavy atom. The lowest BCUT2D eigenvalue weighted by atomic mass is 10.2. The summed E-state index contributed by atoms with van der Waals surface area (Å²) in [6.07, 6.45) is 0. The molecule has 11 heavy (non-hydrogen) atoms. The van der Waals surface area contributed by atoms with E-state index in [0.717, 1.165) is 11.4 Å². The number of hydrogen-bond donors (Lipinski definition) is 0. The highest BCUT2D eigenvalue weighted by Gasteiger charge is 1.91. The number of para-hydroxylation sites is 1. The number of hydrogen-bond acceptors (Lipinski definition) is 1. The van der Waals surface area contributed by atoms with Crippen molar-refractivity contribution in [2.75, 3.05) is 0 Å². The summed E-state index contributed by atoms with van der Waals surface area (Å²) in [7, 11) is 0. The van der Waals surface area contributed by atoms with Crippen molar-refractivity contribution in [1.82, 2.24) is 0 Å². The predicted octanol–water partition coefficient (Wildman–Crippen LogP) is 3.11. The van der Waals surface area contributed by atoms with Gasteiger partial charge >= 0.3 is 0 Å². The quantitative estimate of drug-likeness (QED) is 0.541. The van der Waals surface area contributed by atoms with Gasteiger partial charge in [0.05, 0.1) is 5.69 Å². The zero-order chi connectivity index (χ0) is 8.27. The van der Waals surface area contributed by atoms with E-state index in [1.54, 1.807) is 0 Å². The van der Waals surface area contributed by atoms with Crippen LogP contribution < -0.4 is 0 Å². The van der Waals surface area contributed by atoms with Crippen LogP contribution in [0.25, 0.3) is 0 Å². The molecule has 0 fully saturated rings. The fraction of sp³-hybridized carbons (Fsp3) is 0.300. The van der Waals surface area contributed by atoms with Crippen LogP contribution in [0, 0.1) is 6.92 Å². The summed E-state index contributed by atoms with van der Waals surface area (Å²) in [5.74, 6) is 0. The molecule has 1 aromatic carbocycles. The first kappa shape index (κ1) is 7.99. The van der Waals surface area contributed by atoms with E-state index in [-0.39, 0.29) is 0 Å². The number of aliphatic imine (C=N–C) groups is 1. The summed E-state index contributed by atoms with van der Waals surface area (Å²) in [4.78, 5) is 4.38. The first-order valence-corrected chi connectivity index (χ1v) is 3.77. The molecule has 1 aromatic rings. The van der Waals surface area contributed by atoms with Crippen LogP contribution in [0.4, 0.5) is 5.69 Å². The second kappa shape index (κ2) is 3.33. The van der Waals surface area contributed by atoms with Crippen molar-refractivity contribution in [2.45, 2.75) is 20.8 Å². The first-order valence-electron chi connectivity index (χ1n) is 3.77. The average Bonchev–Trinajstić information content (AvgIpc) is 1.93. The summed E-state index contributed by atoms with van der Waals surface area (Å²) in [6, 6.07) is 8.14. The van der Waals surface area contributed by atoms with Crippen LogP contribution >= 0.6 is 0 Å². The van der Waals surface area contributed by atoms with Crippen molar-refractivity contribution in [3.05, 3.63) is 29.8 Å². The Hall–Kier alpha value is -1.11. The molecule has 0 aliphatic heterocycles. The Bertz CT molecular complexity index is 270. The number of nitrogens with zero attached hydrogens (tertiary/aromatic N) is 1. The minimum atomic E-state index is 1.08. The Kier molecular flexibility index (Phi) is 2.42. The van der Waals surface area contributed by atoms with Gasteiger partial charge in [0.15, 0.2) is 0 Å². The maximum Gasteiger partial charge on any atom is 0.0657 e. The van der Waals surface area contributed by atoms with Crippen LogP contribution in [0.15, 0.2) is 29.3 Å². The molecule has 0 radical (unpaired) electrons. The zero-order valence-corrected chi connectivity index (χ0v) is 7.26. The third-order valence-corrected chi connectivity index (χ3v) is 1.46. The van der Waals surface area contributed by atoms with Gasteiger partial charge in [-0.05, 0) is 32.4 Å². The van der Waals surface area contributed by atoms with Crippen molar-refractivity contribution in [2.24, 2.45) is 4.99 Å². The van der Waals surface area contributed by atoms with Crippen LogP contribution in [-0.2, 0) is 0 Å². The highest BCUT2D eigenvalue weighted by atomic mass is 14.7. The van der Waals surface area contributed by atoms with Gasteiger partial charge in [0.25, 0.3) is 0 Å². The second-order valence-corrected chi connectivity index (χ2v) is 2.85. The molecule has 0 saturated carbocycles. The van der Waals surface area contributed by atoms with Crippen LogP contribution in [0.2, 0.25) is 0 Å². The van der Waals surface area contributed by atoms with E-state index < -0.39 is 0 Å². The van der Waals surface area contributed by atoms with Gasteiger partial charge in [-0.25, -0.2) is 0 Å². The molecule has 0 unspecified atom stereocenters. The highest BCUT2D eigenvalue weighted by molar-refractivity contribution is 5.82. The van der Waals surface area contributed by atoms with Gasteiger partial charge in [-0.3, -0.25) is 4.99 Å². The molecule has 1 rings (SSSR count). The molecule has 0 N–H and O–H groups in total. The third-order valence-electron chi connectivity index (χ3n) is 1.46. The summed E-state index contributed by atoms with van der Waals surface area (Å²) in [6.45, 7) is 6.08. The maximum atomic E-state index is 4.38. The molecule has 58 valence electrons. The lowest BCUT2D eigenvalue weighted by molar-refractivity contribution is 1.38. The smallest absolute Gasteiger partial charge is 0.0657 e. The van der Waals surface area contributed by atoms with Gasteiger partial charge in [-0.1, -0.05) is 18.2 Å². The molecule has 1 nitrogen and oxygen atoms in total. The molecule has 0 aliphatic carbocycles. The summed E-state index contributed by atoms with van der Waals surface area (Å²) >= 11 is 0. The van der Waals surface area contributed by atoms with Crippen molar-refractivity contribution in [3.8, 4) is 0 Å². The molecular formula is C10H13N. The van der Waals surface area contributed by atoms with Gasteiger partial charge < -0.3 is 0 Å². The average molecular weight is 147 g/mol. The first-order chi connectivity index (χ1) is 5.20. The zero-order valence-electron chi connectivity index (χ0n) is 7.26. The van der Waals surface area contributed by atoms with E-state index in [1.165, 1.54) is 5.56 Å². The normalized spacial score (nSPS) is 9.36. The molecular weight excluding hydrogens is 134 g/mol. The third kappa shape index (κ3) is 2.19. The minimum absolute atomic E-state index is 1.08. The van der Waals surface area contributed by atoms with Gasteiger partial charge in [-0.2, -0.15) is 0 Å². The van der Waals surface area contributed by atoms with Gasteiger partial charge in [0, 0.05) is 5.71 Å². The van der Waals surface area contributed by atoms with E-state index in [2.05, 4.69) is 18.0 Å². The topological polar surface area (TPSA) is 12.4 Å². The van der Waals surface area contributed by atoms with E-state index in [0.29, 0.717) is 0 Å². The second-order valence-electron chi connectivity index (χ2n) is 2.85. The highest BCUT2D eigenvalue weighted by Crippen LogP contribution is 2.16. The molecule has 0 heterocycles. The van der Waals surface area contributed by atoms with E-state index in [4.69, 9.17) is 0 Å². The molecule has 0 aromatic heterocycles. The minimum Gasteiger partial charge on any atom is -0.258 e. The Balaban J connectivity index is 3.04. The maximum absolute atomic E-state index is 4.38.